The molecule has 0 saturated carbocycles. The summed E-state index contributed by atoms with van der Waals surface area (Å²) in [7, 11) is 3.67. The second-order valence-electron chi connectivity index (χ2n) is 5.06. The van der Waals surface area contributed by atoms with Gasteiger partial charge in [0.1, 0.15) is 5.75 Å². The number of hydrogen-bond acceptors (Lipinski definition) is 4. The number of ether oxygens (including phenoxy) is 1. The molecule has 0 saturated heterocycles. The van der Waals surface area contributed by atoms with Gasteiger partial charge in [-0.25, -0.2) is 9.97 Å². The van der Waals surface area contributed by atoms with E-state index in [1.54, 1.807) is 7.11 Å². The van der Waals surface area contributed by atoms with Gasteiger partial charge in [0.15, 0.2) is 5.82 Å². The Bertz CT molecular complexity index is 595. The van der Waals surface area contributed by atoms with Crippen molar-refractivity contribution >= 4 is 0 Å². The smallest absolute Gasteiger partial charge is 0.159 e. The Morgan fingerprint density at radius 3 is 2.75 bits per heavy atom. The molecule has 20 heavy (non-hydrogen) atoms. The van der Waals surface area contributed by atoms with E-state index in [2.05, 4.69) is 10.3 Å². The van der Waals surface area contributed by atoms with Gasteiger partial charge in [0.05, 0.1) is 7.11 Å². The Hall–Kier alpha value is -1.94. The van der Waals surface area contributed by atoms with Crippen molar-refractivity contribution in [2.45, 2.75) is 25.3 Å². The van der Waals surface area contributed by atoms with Crippen molar-refractivity contribution in [2.75, 3.05) is 14.2 Å². The van der Waals surface area contributed by atoms with Crippen molar-refractivity contribution < 1.29 is 4.74 Å². The number of aromatic nitrogens is 2. The van der Waals surface area contributed by atoms with Crippen LogP contribution in [0.3, 0.4) is 0 Å². The number of fused-ring (bicyclic) bond motifs is 1. The molecule has 1 N–H and O–H groups in total. The molecule has 1 aromatic carbocycles. The summed E-state index contributed by atoms with van der Waals surface area (Å²) in [6.07, 6.45) is 5.35. The molecule has 0 fully saturated rings. The van der Waals surface area contributed by atoms with Crippen LogP contribution >= 0.6 is 0 Å². The van der Waals surface area contributed by atoms with Gasteiger partial charge in [-0.3, -0.25) is 0 Å². The van der Waals surface area contributed by atoms with Crippen LogP contribution in [0.2, 0.25) is 0 Å². The highest BCUT2D eigenvalue weighted by Gasteiger charge is 2.20. The van der Waals surface area contributed by atoms with Crippen LogP contribution in [-0.2, 0) is 6.42 Å². The molecule has 0 amide bonds. The zero-order valence-electron chi connectivity index (χ0n) is 11.9. The molecule has 0 aliphatic heterocycles. The van der Waals surface area contributed by atoms with Crippen LogP contribution in [0.5, 0.6) is 5.75 Å². The standard InChI is InChI=1S/C16H19N3O/c1-17-14-4-3-5-15-13(14)10-18-16(19-15)11-6-8-12(20-2)9-7-11/h6-10,14,17H,3-5H2,1-2H3. The van der Waals surface area contributed by atoms with Gasteiger partial charge in [0, 0.05) is 29.1 Å². The van der Waals surface area contributed by atoms with Crippen molar-refractivity contribution in [2.24, 2.45) is 0 Å². The molecule has 0 bridgehead atoms. The van der Waals surface area contributed by atoms with Gasteiger partial charge in [-0.15, -0.1) is 0 Å². The predicted octanol–water partition coefficient (Wildman–Crippen LogP) is 2.75. The number of nitrogens with one attached hydrogen (secondary N) is 1. The Labute approximate surface area is 119 Å². The Morgan fingerprint density at radius 1 is 1.25 bits per heavy atom. The molecule has 2 aromatic rings. The van der Waals surface area contributed by atoms with Crippen molar-refractivity contribution in [3.63, 3.8) is 0 Å². The summed E-state index contributed by atoms with van der Waals surface area (Å²) >= 11 is 0. The fourth-order valence-corrected chi connectivity index (χ4v) is 2.73. The monoisotopic (exact) mass is 269 g/mol. The van der Waals surface area contributed by atoms with Gasteiger partial charge in [0.2, 0.25) is 0 Å². The SMILES string of the molecule is CNC1CCCc2nc(-c3ccc(OC)cc3)ncc21. The van der Waals surface area contributed by atoms with E-state index in [9.17, 15) is 0 Å². The van der Waals surface area contributed by atoms with Crippen LogP contribution in [0.25, 0.3) is 11.4 Å². The number of methoxy groups -OCH3 is 1. The highest BCUT2D eigenvalue weighted by Crippen LogP contribution is 2.29. The summed E-state index contributed by atoms with van der Waals surface area (Å²) in [5.41, 5.74) is 3.45. The van der Waals surface area contributed by atoms with Crippen molar-refractivity contribution in [1.82, 2.24) is 15.3 Å². The topological polar surface area (TPSA) is 47.0 Å². The van der Waals surface area contributed by atoms with E-state index >= 15 is 0 Å². The zero-order valence-corrected chi connectivity index (χ0v) is 11.9. The first-order valence-corrected chi connectivity index (χ1v) is 6.99. The van der Waals surface area contributed by atoms with Crippen molar-refractivity contribution in [3.8, 4) is 17.1 Å². The predicted molar refractivity (Wildman–Crippen MR) is 78.8 cm³/mol. The first-order valence-electron chi connectivity index (χ1n) is 6.99. The summed E-state index contributed by atoms with van der Waals surface area (Å²) in [6, 6.07) is 8.27. The lowest BCUT2D eigenvalue weighted by molar-refractivity contribution is 0.415. The van der Waals surface area contributed by atoms with Crippen LogP contribution in [-0.4, -0.2) is 24.1 Å². The molecular weight excluding hydrogens is 250 g/mol. The molecule has 1 unspecified atom stereocenters. The molecule has 104 valence electrons. The van der Waals surface area contributed by atoms with E-state index in [4.69, 9.17) is 9.72 Å². The minimum atomic E-state index is 0.392. The summed E-state index contributed by atoms with van der Waals surface area (Å²) < 4.78 is 5.18. The van der Waals surface area contributed by atoms with E-state index in [1.807, 2.05) is 37.5 Å². The Balaban J connectivity index is 1.95. The summed E-state index contributed by atoms with van der Waals surface area (Å²) in [6.45, 7) is 0. The fourth-order valence-electron chi connectivity index (χ4n) is 2.73. The first kappa shape index (κ1) is 13.1. The molecule has 1 atom stereocenters. The third kappa shape index (κ3) is 2.39. The molecule has 0 spiro atoms. The van der Waals surface area contributed by atoms with Gasteiger partial charge in [-0.05, 0) is 50.6 Å². The fraction of sp³-hybridized carbons (Fsp3) is 0.375. The maximum Gasteiger partial charge on any atom is 0.159 e. The molecule has 0 radical (unpaired) electrons. The quantitative estimate of drug-likeness (QED) is 0.930. The Kier molecular flexibility index (Phi) is 3.65. The van der Waals surface area contributed by atoms with Gasteiger partial charge >= 0.3 is 0 Å². The van der Waals surface area contributed by atoms with Crippen LogP contribution in [0.15, 0.2) is 30.5 Å². The molecule has 3 rings (SSSR count). The lowest BCUT2D eigenvalue weighted by atomic mass is 9.92. The molecule has 1 aromatic heterocycles. The molecule has 4 nitrogen and oxygen atoms in total. The van der Waals surface area contributed by atoms with E-state index < -0.39 is 0 Å². The largest absolute Gasteiger partial charge is 0.497 e. The third-order valence-electron chi connectivity index (χ3n) is 3.88. The molecule has 1 aliphatic carbocycles. The number of hydrogen-bond donors (Lipinski definition) is 1. The van der Waals surface area contributed by atoms with E-state index in [1.165, 1.54) is 17.7 Å². The van der Waals surface area contributed by atoms with Crippen LogP contribution < -0.4 is 10.1 Å². The van der Waals surface area contributed by atoms with Gasteiger partial charge in [0.25, 0.3) is 0 Å². The van der Waals surface area contributed by atoms with Crippen LogP contribution in [0.1, 0.15) is 30.1 Å². The lowest BCUT2D eigenvalue weighted by Crippen LogP contribution is -2.22. The third-order valence-corrected chi connectivity index (χ3v) is 3.88. The maximum absolute atomic E-state index is 5.18. The van der Waals surface area contributed by atoms with Gasteiger partial charge < -0.3 is 10.1 Å². The number of rotatable bonds is 3. The second kappa shape index (κ2) is 5.59. The minimum absolute atomic E-state index is 0.392. The highest BCUT2D eigenvalue weighted by molar-refractivity contribution is 5.56. The van der Waals surface area contributed by atoms with Gasteiger partial charge in [-0.2, -0.15) is 0 Å². The lowest BCUT2D eigenvalue weighted by Gasteiger charge is -2.24. The summed E-state index contributed by atoms with van der Waals surface area (Å²) in [4.78, 5) is 9.27. The highest BCUT2D eigenvalue weighted by atomic mass is 16.5. The minimum Gasteiger partial charge on any atom is -0.497 e. The second-order valence-corrected chi connectivity index (χ2v) is 5.06. The van der Waals surface area contributed by atoms with E-state index in [-0.39, 0.29) is 0 Å². The Morgan fingerprint density at radius 2 is 2.05 bits per heavy atom. The summed E-state index contributed by atoms with van der Waals surface area (Å²) in [5, 5.41) is 3.34. The normalized spacial score (nSPS) is 17.6. The van der Waals surface area contributed by atoms with E-state index in [0.717, 1.165) is 30.0 Å². The molecule has 4 heteroatoms. The van der Waals surface area contributed by atoms with Gasteiger partial charge in [-0.1, -0.05) is 0 Å². The van der Waals surface area contributed by atoms with Crippen LogP contribution in [0.4, 0.5) is 0 Å². The van der Waals surface area contributed by atoms with Crippen molar-refractivity contribution in [1.29, 1.82) is 0 Å². The molecule has 1 aliphatic rings. The number of aryl methyl sites for hydroxylation is 1. The average molecular weight is 269 g/mol. The zero-order chi connectivity index (χ0) is 13.9. The molecule has 1 heterocycles. The molecular formula is C16H19N3O. The summed E-state index contributed by atoms with van der Waals surface area (Å²) in [5.74, 6) is 1.64. The average Bonchev–Trinajstić information content (AvgIpc) is 2.53. The number of nitrogens with zero attached hydrogens (tertiary/aromatic N) is 2. The maximum atomic E-state index is 5.18. The number of benzene rings is 1. The van der Waals surface area contributed by atoms with Crippen LogP contribution in [0, 0.1) is 0 Å². The van der Waals surface area contributed by atoms with Crippen molar-refractivity contribution in [3.05, 3.63) is 41.7 Å². The first-order chi connectivity index (χ1) is 9.81. The van der Waals surface area contributed by atoms with E-state index in [0.29, 0.717) is 6.04 Å².